The van der Waals surface area contributed by atoms with Crippen molar-refractivity contribution in [3.63, 3.8) is 0 Å². The molecule has 1 aromatic heterocycles. The van der Waals surface area contributed by atoms with Gasteiger partial charge in [0.2, 0.25) is 0 Å². The Morgan fingerprint density at radius 3 is 2.58 bits per heavy atom. The molecule has 1 rings (SSSR count). The number of hydrogen-bond donors (Lipinski definition) is 2. The van der Waals surface area contributed by atoms with Crippen LogP contribution in [-0.4, -0.2) is 26.1 Å². The Morgan fingerprint density at radius 2 is 2.05 bits per heavy atom. The Morgan fingerprint density at radius 1 is 1.32 bits per heavy atom. The van der Waals surface area contributed by atoms with E-state index < -0.39 is 0 Å². The molecule has 0 fully saturated rings. The summed E-state index contributed by atoms with van der Waals surface area (Å²) in [5.41, 5.74) is 0. The predicted molar refractivity (Wildman–Crippen MR) is 96.9 cm³/mol. The van der Waals surface area contributed by atoms with Gasteiger partial charge in [0.25, 0.3) is 0 Å². The van der Waals surface area contributed by atoms with Crippen LogP contribution in [0.25, 0.3) is 0 Å². The van der Waals surface area contributed by atoms with E-state index in [1.807, 2.05) is 18.4 Å². The summed E-state index contributed by atoms with van der Waals surface area (Å²) >= 11 is 1.81. The van der Waals surface area contributed by atoms with Crippen LogP contribution in [-0.2, 0) is 6.42 Å². The molecule has 0 aliphatic heterocycles. The van der Waals surface area contributed by atoms with Gasteiger partial charge in [-0.2, -0.15) is 0 Å². The molecule has 110 valence electrons. The Kier molecular flexibility index (Phi) is 11.3. The summed E-state index contributed by atoms with van der Waals surface area (Å²) in [6.07, 6.45) is 3.49. The maximum atomic E-state index is 4.25. The average molecular weight is 395 g/mol. The first-order valence-electron chi connectivity index (χ1n) is 6.77. The molecule has 1 aromatic rings. The maximum Gasteiger partial charge on any atom is 0.190 e. The molecule has 2 N–H and O–H groups in total. The van der Waals surface area contributed by atoms with Crippen molar-refractivity contribution in [2.45, 2.75) is 33.1 Å². The van der Waals surface area contributed by atoms with E-state index >= 15 is 0 Å². The van der Waals surface area contributed by atoms with Gasteiger partial charge in [0.15, 0.2) is 5.96 Å². The van der Waals surface area contributed by atoms with Gasteiger partial charge in [0.05, 0.1) is 0 Å². The van der Waals surface area contributed by atoms with Crippen molar-refractivity contribution in [3.8, 4) is 0 Å². The molecule has 0 aromatic carbocycles. The van der Waals surface area contributed by atoms with Crippen LogP contribution in [0.3, 0.4) is 0 Å². The summed E-state index contributed by atoms with van der Waals surface area (Å²) in [5.74, 6) is 1.65. The normalized spacial score (nSPS) is 11.3. The lowest BCUT2D eigenvalue weighted by molar-refractivity contribution is 0.481. The summed E-state index contributed by atoms with van der Waals surface area (Å²) in [4.78, 5) is 5.66. The van der Waals surface area contributed by atoms with Crippen molar-refractivity contribution >= 4 is 41.3 Å². The minimum absolute atomic E-state index is 0. The van der Waals surface area contributed by atoms with Crippen molar-refractivity contribution in [1.29, 1.82) is 0 Å². The van der Waals surface area contributed by atoms with Gasteiger partial charge < -0.3 is 10.6 Å². The zero-order valence-corrected chi connectivity index (χ0v) is 15.3. The van der Waals surface area contributed by atoms with Gasteiger partial charge >= 0.3 is 0 Å². The lowest BCUT2D eigenvalue weighted by atomic mass is 10.0. The summed E-state index contributed by atoms with van der Waals surface area (Å²) in [6.45, 7) is 6.42. The quantitative estimate of drug-likeness (QED) is 0.421. The molecule has 0 spiro atoms. The number of nitrogens with zero attached hydrogens (tertiary/aromatic N) is 1. The van der Waals surface area contributed by atoms with Crippen LogP contribution in [0.4, 0.5) is 0 Å². The van der Waals surface area contributed by atoms with Gasteiger partial charge in [-0.05, 0) is 23.8 Å². The van der Waals surface area contributed by atoms with Crippen molar-refractivity contribution in [3.05, 3.63) is 22.4 Å². The molecular formula is C14H26IN3S. The second-order valence-corrected chi connectivity index (χ2v) is 5.42. The molecule has 0 aliphatic carbocycles. The first-order chi connectivity index (χ1) is 8.80. The number of thiophene rings is 1. The molecule has 0 atom stereocenters. The third-order valence-corrected chi connectivity index (χ3v) is 4.12. The number of rotatable bonds is 7. The molecule has 1 heterocycles. The predicted octanol–water partition coefficient (Wildman–Crippen LogP) is 3.51. The lowest BCUT2D eigenvalue weighted by Crippen LogP contribution is -2.40. The molecule has 0 saturated carbocycles. The van der Waals surface area contributed by atoms with Crippen LogP contribution < -0.4 is 10.6 Å². The van der Waals surface area contributed by atoms with E-state index in [2.05, 4.69) is 47.0 Å². The van der Waals surface area contributed by atoms with Crippen molar-refractivity contribution in [2.24, 2.45) is 10.9 Å². The number of nitrogens with one attached hydrogen (secondary N) is 2. The van der Waals surface area contributed by atoms with Crippen molar-refractivity contribution < 1.29 is 0 Å². The van der Waals surface area contributed by atoms with E-state index in [0.29, 0.717) is 0 Å². The number of halogens is 1. The Hall–Kier alpha value is -0.300. The maximum absolute atomic E-state index is 4.25. The van der Waals surface area contributed by atoms with Crippen LogP contribution >= 0.6 is 35.3 Å². The monoisotopic (exact) mass is 395 g/mol. The van der Waals surface area contributed by atoms with Gasteiger partial charge in [0.1, 0.15) is 0 Å². The van der Waals surface area contributed by atoms with Crippen LogP contribution in [0.2, 0.25) is 0 Å². The van der Waals surface area contributed by atoms with Gasteiger partial charge in [-0.3, -0.25) is 4.99 Å². The second-order valence-electron chi connectivity index (χ2n) is 4.39. The molecule has 5 heteroatoms. The highest BCUT2D eigenvalue weighted by Crippen LogP contribution is 2.08. The van der Waals surface area contributed by atoms with Crippen LogP contribution in [0.15, 0.2) is 22.5 Å². The summed E-state index contributed by atoms with van der Waals surface area (Å²) in [7, 11) is 1.83. The average Bonchev–Trinajstić information content (AvgIpc) is 2.91. The fourth-order valence-corrected chi connectivity index (χ4v) is 2.51. The van der Waals surface area contributed by atoms with E-state index in [-0.39, 0.29) is 24.0 Å². The van der Waals surface area contributed by atoms with E-state index in [9.17, 15) is 0 Å². The first kappa shape index (κ1) is 18.7. The third-order valence-electron chi connectivity index (χ3n) is 3.18. The minimum Gasteiger partial charge on any atom is -0.356 e. The number of guanidine groups is 1. The van der Waals surface area contributed by atoms with Crippen LogP contribution in [0, 0.1) is 5.92 Å². The Labute approximate surface area is 138 Å². The van der Waals surface area contributed by atoms with E-state index in [1.54, 1.807) is 0 Å². The van der Waals surface area contributed by atoms with Gasteiger partial charge in [0, 0.05) is 25.0 Å². The summed E-state index contributed by atoms with van der Waals surface area (Å²) in [6, 6.07) is 4.27. The second kappa shape index (κ2) is 11.5. The Bertz CT molecular complexity index is 334. The van der Waals surface area contributed by atoms with E-state index in [4.69, 9.17) is 0 Å². The number of aliphatic imine (C=N–C) groups is 1. The van der Waals surface area contributed by atoms with Crippen molar-refractivity contribution in [2.75, 3.05) is 20.1 Å². The zero-order chi connectivity index (χ0) is 13.2. The molecule has 0 amide bonds. The fourth-order valence-electron chi connectivity index (χ4n) is 1.80. The van der Waals surface area contributed by atoms with Gasteiger partial charge in [-0.1, -0.05) is 32.8 Å². The van der Waals surface area contributed by atoms with Crippen LogP contribution in [0.5, 0.6) is 0 Å². The highest BCUT2D eigenvalue weighted by Gasteiger charge is 2.04. The fraction of sp³-hybridized carbons (Fsp3) is 0.643. The third kappa shape index (κ3) is 7.77. The molecule has 3 nitrogen and oxygen atoms in total. The SMILES string of the molecule is CCC(CC)CNC(=NC)NCCc1cccs1.I. The summed E-state index contributed by atoms with van der Waals surface area (Å²) in [5, 5.41) is 8.87. The summed E-state index contributed by atoms with van der Waals surface area (Å²) < 4.78 is 0. The highest BCUT2D eigenvalue weighted by atomic mass is 127. The van der Waals surface area contributed by atoms with E-state index in [0.717, 1.165) is 31.4 Å². The molecule has 19 heavy (non-hydrogen) atoms. The molecular weight excluding hydrogens is 369 g/mol. The molecule has 0 radical (unpaired) electrons. The largest absolute Gasteiger partial charge is 0.356 e. The smallest absolute Gasteiger partial charge is 0.190 e. The first-order valence-corrected chi connectivity index (χ1v) is 7.65. The van der Waals surface area contributed by atoms with Crippen molar-refractivity contribution in [1.82, 2.24) is 10.6 Å². The number of hydrogen-bond acceptors (Lipinski definition) is 2. The molecule has 0 saturated heterocycles. The topological polar surface area (TPSA) is 36.4 Å². The van der Waals surface area contributed by atoms with Gasteiger partial charge in [-0.25, -0.2) is 0 Å². The van der Waals surface area contributed by atoms with Crippen LogP contribution in [0.1, 0.15) is 31.6 Å². The molecule has 0 unspecified atom stereocenters. The van der Waals surface area contributed by atoms with E-state index in [1.165, 1.54) is 17.7 Å². The lowest BCUT2D eigenvalue weighted by Gasteiger charge is -2.16. The van der Waals surface area contributed by atoms with Gasteiger partial charge in [-0.15, -0.1) is 35.3 Å². The standard InChI is InChI=1S/C14H25N3S.HI/c1-4-12(5-2)11-17-14(15-3)16-9-8-13-7-6-10-18-13;/h6-7,10,12H,4-5,8-9,11H2,1-3H3,(H2,15,16,17);1H. The molecule has 0 bridgehead atoms. The highest BCUT2D eigenvalue weighted by molar-refractivity contribution is 14.0. The molecule has 0 aliphatic rings. The zero-order valence-electron chi connectivity index (χ0n) is 12.1. The minimum atomic E-state index is 0. The Balaban J connectivity index is 0.00000324.